The van der Waals surface area contributed by atoms with E-state index < -0.39 is 6.61 Å². The molecular formula is C12H17ClF2N2O2. The summed E-state index contributed by atoms with van der Waals surface area (Å²) in [6.45, 7) is -1.95. The molecule has 0 atom stereocenters. The van der Waals surface area contributed by atoms with Crippen LogP contribution < -0.4 is 15.8 Å². The molecule has 0 radical (unpaired) electrons. The van der Waals surface area contributed by atoms with Crippen molar-refractivity contribution in [1.82, 2.24) is 5.32 Å². The maximum absolute atomic E-state index is 11.9. The van der Waals surface area contributed by atoms with Crippen molar-refractivity contribution in [3.63, 3.8) is 0 Å². The van der Waals surface area contributed by atoms with Crippen LogP contribution in [0.15, 0.2) is 24.3 Å². The van der Waals surface area contributed by atoms with Gasteiger partial charge < -0.3 is 15.8 Å². The highest BCUT2D eigenvalue weighted by Gasteiger charge is 2.05. The van der Waals surface area contributed by atoms with E-state index in [2.05, 4.69) is 10.1 Å². The van der Waals surface area contributed by atoms with Gasteiger partial charge in [-0.1, -0.05) is 12.1 Å². The molecule has 0 aliphatic carbocycles. The predicted molar refractivity (Wildman–Crippen MR) is 70.7 cm³/mol. The van der Waals surface area contributed by atoms with Gasteiger partial charge in [0.2, 0.25) is 5.91 Å². The maximum atomic E-state index is 11.9. The molecule has 1 amide bonds. The third-order valence-electron chi connectivity index (χ3n) is 2.26. The number of aryl methyl sites for hydroxylation is 1. The molecule has 0 saturated heterocycles. The molecule has 1 rings (SSSR count). The van der Waals surface area contributed by atoms with Crippen LogP contribution in [0.5, 0.6) is 5.75 Å². The molecule has 0 aromatic heterocycles. The Morgan fingerprint density at radius 2 is 1.95 bits per heavy atom. The van der Waals surface area contributed by atoms with Crippen LogP contribution >= 0.6 is 12.4 Å². The van der Waals surface area contributed by atoms with Gasteiger partial charge in [0.15, 0.2) is 0 Å². The van der Waals surface area contributed by atoms with E-state index in [1.807, 2.05) is 0 Å². The van der Waals surface area contributed by atoms with Crippen molar-refractivity contribution in [1.29, 1.82) is 0 Å². The summed E-state index contributed by atoms with van der Waals surface area (Å²) in [5.74, 6) is 0.0368. The van der Waals surface area contributed by atoms with Crippen LogP contribution in [0, 0.1) is 0 Å². The summed E-state index contributed by atoms with van der Waals surface area (Å²) in [6, 6.07) is 6.24. The summed E-state index contributed by atoms with van der Waals surface area (Å²) in [7, 11) is 0. The molecule has 108 valence electrons. The minimum Gasteiger partial charge on any atom is -0.435 e. The maximum Gasteiger partial charge on any atom is 0.387 e. The van der Waals surface area contributed by atoms with Crippen LogP contribution in [0.4, 0.5) is 8.78 Å². The van der Waals surface area contributed by atoms with Crippen molar-refractivity contribution in [2.75, 3.05) is 13.1 Å². The highest BCUT2D eigenvalue weighted by atomic mass is 35.5. The standard InChI is InChI=1S/C12H16F2N2O2.ClH/c13-12(14)18-10-4-1-9(2-5-10)3-6-11(17)16-8-7-15;/h1-2,4-5,12H,3,6-8,15H2,(H,16,17);1H. The van der Waals surface area contributed by atoms with Crippen molar-refractivity contribution in [2.45, 2.75) is 19.5 Å². The molecule has 1 aromatic carbocycles. The number of carbonyl (C=O) groups is 1. The minimum atomic E-state index is -2.82. The topological polar surface area (TPSA) is 64.3 Å². The number of ether oxygens (including phenoxy) is 1. The molecule has 0 aliphatic heterocycles. The van der Waals surface area contributed by atoms with Crippen LogP contribution in [0.2, 0.25) is 0 Å². The monoisotopic (exact) mass is 294 g/mol. The summed E-state index contributed by atoms with van der Waals surface area (Å²) in [4.78, 5) is 11.3. The lowest BCUT2D eigenvalue weighted by Crippen LogP contribution is -2.29. The van der Waals surface area contributed by atoms with Crippen molar-refractivity contribution in [3.05, 3.63) is 29.8 Å². The number of benzene rings is 1. The second kappa shape index (κ2) is 9.52. The number of nitrogens with one attached hydrogen (secondary N) is 1. The molecule has 0 bridgehead atoms. The van der Waals surface area contributed by atoms with Crippen LogP contribution in [0.25, 0.3) is 0 Å². The fourth-order valence-electron chi connectivity index (χ4n) is 1.40. The third-order valence-corrected chi connectivity index (χ3v) is 2.26. The molecule has 0 unspecified atom stereocenters. The molecule has 0 saturated carbocycles. The SMILES string of the molecule is Cl.NCCNC(=O)CCc1ccc(OC(F)F)cc1. The molecule has 0 spiro atoms. The normalized spacial score (nSPS) is 9.89. The Labute approximate surface area is 116 Å². The minimum absolute atomic E-state index is 0. The Bertz CT molecular complexity index is 374. The van der Waals surface area contributed by atoms with Gasteiger partial charge in [0.25, 0.3) is 0 Å². The first-order chi connectivity index (χ1) is 8.61. The quantitative estimate of drug-likeness (QED) is 0.805. The highest BCUT2D eigenvalue weighted by Crippen LogP contribution is 2.15. The Kier molecular flexibility index (Phi) is 8.82. The van der Waals surface area contributed by atoms with E-state index in [1.165, 1.54) is 12.1 Å². The second-order valence-corrected chi connectivity index (χ2v) is 3.66. The molecule has 0 fully saturated rings. The summed E-state index contributed by atoms with van der Waals surface area (Å²) < 4.78 is 28.0. The fraction of sp³-hybridized carbons (Fsp3) is 0.417. The molecule has 7 heteroatoms. The Hall–Kier alpha value is -1.40. The number of rotatable bonds is 7. The zero-order valence-electron chi connectivity index (χ0n) is 10.3. The lowest BCUT2D eigenvalue weighted by atomic mass is 10.1. The van der Waals surface area contributed by atoms with Gasteiger partial charge >= 0.3 is 6.61 Å². The van der Waals surface area contributed by atoms with Crippen molar-refractivity contribution < 1.29 is 18.3 Å². The summed E-state index contributed by atoms with van der Waals surface area (Å²) in [5, 5.41) is 2.65. The van der Waals surface area contributed by atoms with Gasteiger partial charge in [0.05, 0.1) is 0 Å². The molecule has 3 N–H and O–H groups in total. The zero-order valence-corrected chi connectivity index (χ0v) is 11.1. The fourth-order valence-corrected chi connectivity index (χ4v) is 1.40. The number of hydrogen-bond acceptors (Lipinski definition) is 3. The largest absolute Gasteiger partial charge is 0.435 e. The number of amides is 1. The highest BCUT2D eigenvalue weighted by molar-refractivity contribution is 5.85. The van der Waals surface area contributed by atoms with E-state index in [0.717, 1.165) is 5.56 Å². The van der Waals surface area contributed by atoms with Crippen molar-refractivity contribution in [2.24, 2.45) is 5.73 Å². The van der Waals surface area contributed by atoms with Gasteiger partial charge in [-0.15, -0.1) is 12.4 Å². The Balaban J connectivity index is 0.00000324. The van der Waals surface area contributed by atoms with Crippen LogP contribution in [-0.2, 0) is 11.2 Å². The van der Waals surface area contributed by atoms with E-state index >= 15 is 0 Å². The molecule has 1 aromatic rings. The smallest absolute Gasteiger partial charge is 0.387 e. The van der Waals surface area contributed by atoms with E-state index in [9.17, 15) is 13.6 Å². The lowest BCUT2D eigenvalue weighted by Gasteiger charge is -2.06. The van der Waals surface area contributed by atoms with Crippen LogP contribution in [0.3, 0.4) is 0 Å². The Morgan fingerprint density at radius 3 is 2.47 bits per heavy atom. The van der Waals surface area contributed by atoms with Crippen LogP contribution in [0.1, 0.15) is 12.0 Å². The Morgan fingerprint density at radius 1 is 1.32 bits per heavy atom. The van der Waals surface area contributed by atoms with Gasteiger partial charge in [-0.05, 0) is 24.1 Å². The van der Waals surface area contributed by atoms with Gasteiger partial charge in [-0.3, -0.25) is 4.79 Å². The number of hydrogen-bond donors (Lipinski definition) is 2. The van der Waals surface area contributed by atoms with Gasteiger partial charge in [-0.2, -0.15) is 8.78 Å². The van der Waals surface area contributed by atoms with E-state index in [4.69, 9.17) is 5.73 Å². The van der Waals surface area contributed by atoms with Crippen molar-refractivity contribution >= 4 is 18.3 Å². The number of halogens is 3. The first kappa shape index (κ1) is 17.6. The summed E-state index contributed by atoms with van der Waals surface area (Å²) >= 11 is 0. The second-order valence-electron chi connectivity index (χ2n) is 3.66. The summed E-state index contributed by atoms with van der Waals surface area (Å²) in [6.07, 6.45) is 0.889. The molecule has 19 heavy (non-hydrogen) atoms. The molecule has 4 nitrogen and oxygen atoms in total. The summed E-state index contributed by atoms with van der Waals surface area (Å²) in [5.41, 5.74) is 6.14. The van der Waals surface area contributed by atoms with Crippen LogP contribution in [-0.4, -0.2) is 25.6 Å². The van der Waals surface area contributed by atoms with E-state index in [0.29, 0.717) is 25.9 Å². The lowest BCUT2D eigenvalue weighted by molar-refractivity contribution is -0.121. The average molecular weight is 295 g/mol. The van der Waals surface area contributed by atoms with Crippen molar-refractivity contribution in [3.8, 4) is 5.75 Å². The number of carbonyl (C=O) groups excluding carboxylic acids is 1. The molecule has 0 aliphatic rings. The number of nitrogens with two attached hydrogens (primary N) is 1. The third kappa shape index (κ3) is 7.58. The molecular weight excluding hydrogens is 278 g/mol. The predicted octanol–water partition coefficient (Wildman–Crippen LogP) is 1.72. The first-order valence-electron chi connectivity index (χ1n) is 5.62. The number of alkyl halides is 2. The molecule has 0 heterocycles. The van der Waals surface area contributed by atoms with Gasteiger partial charge in [0.1, 0.15) is 5.75 Å². The average Bonchev–Trinajstić information content (AvgIpc) is 2.35. The zero-order chi connectivity index (χ0) is 13.4. The van der Waals surface area contributed by atoms with E-state index in [1.54, 1.807) is 12.1 Å². The first-order valence-corrected chi connectivity index (χ1v) is 5.62. The van der Waals surface area contributed by atoms with Gasteiger partial charge in [0, 0.05) is 19.5 Å². The van der Waals surface area contributed by atoms with E-state index in [-0.39, 0.29) is 24.1 Å². The van der Waals surface area contributed by atoms with Gasteiger partial charge in [-0.25, -0.2) is 0 Å².